The average Bonchev–Trinajstić information content (AvgIpc) is 2.47. The minimum atomic E-state index is 0.742. The van der Waals surface area contributed by atoms with E-state index in [1.807, 2.05) is 12.3 Å². The maximum absolute atomic E-state index is 4.41. The van der Waals surface area contributed by atoms with Crippen LogP contribution in [0.4, 0.5) is 0 Å². The van der Waals surface area contributed by atoms with Crippen LogP contribution < -0.4 is 0 Å². The van der Waals surface area contributed by atoms with E-state index >= 15 is 0 Å². The van der Waals surface area contributed by atoms with E-state index < -0.39 is 0 Å². The topological polar surface area (TPSA) is 12.9 Å². The molecule has 1 aromatic heterocycles. The van der Waals surface area contributed by atoms with Gasteiger partial charge in [-0.25, -0.2) is 0 Å². The van der Waals surface area contributed by atoms with Crippen molar-refractivity contribution in [1.29, 1.82) is 0 Å². The number of rotatable bonds is 1. The van der Waals surface area contributed by atoms with E-state index in [0.29, 0.717) is 0 Å². The van der Waals surface area contributed by atoms with Gasteiger partial charge in [-0.1, -0.05) is 13.0 Å². The van der Waals surface area contributed by atoms with Gasteiger partial charge in [-0.2, -0.15) is 0 Å². The van der Waals surface area contributed by atoms with E-state index in [1.54, 1.807) is 0 Å². The first-order chi connectivity index (χ1) is 5.42. The van der Waals surface area contributed by atoms with Gasteiger partial charge in [-0.15, -0.1) is 0 Å². The van der Waals surface area contributed by atoms with Gasteiger partial charge < -0.3 is 0 Å². The van der Waals surface area contributed by atoms with Crippen LogP contribution in [0.25, 0.3) is 0 Å². The van der Waals surface area contributed by atoms with E-state index in [4.69, 9.17) is 0 Å². The van der Waals surface area contributed by atoms with Crippen molar-refractivity contribution < 1.29 is 0 Å². The van der Waals surface area contributed by atoms with Crippen molar-refractivity contribution in [3.8, 4) is 0 Å². The Kier molecular flexibility index (Phi) is 1.65. The monoisotopic (exact) mass is 147 g/mol. The highest BCUT2D eigenvalue weighted by atomic mass is 14.7. The summed E-state index contributed by atoms with van der Waals surface area (Å²) >= 11 is 0. The van der Waals surface area contributed by atoms with Crippen molar-refractivity contribution in [3.63, 3.8) is 0 Å². The summed E-state index contributed by atoms with van der Waals surface area (Å²) in [6.45, 7) is 2.24. The Hall–Kier alpha value is -0.850. The Morgan fingerprint density at radius 1 is 1.64 bits per heavy atom. The van der Waals surface area contributed by atoms with E-state index in [9.17, 15) is 0 Å². The van der Waals surface area contributed by atoms with Crippen LogP contribution in [0, 0.1) is 0 Å². The smallest absolute Gasteiger partial charge is 0.0466 e. The molecule has 0 radical (unpaired) electrons. The van der Waals surface area contributed by atoms with Gasteiger partial charge in [0.15, 0.2) is 0 Å². The fourth-order valence-electron chi connectivity index (χ4n) is 1.89. The quantitative estimate of drug-likeness (QED) is 0.594. The minimum Gasteiger partial charge on any atom is -0.261 e. The van der Waals surface area contributed by atoms with E-state index in [2.05, 4.69) is 18.0 Å². The van der Waals surface area contributed by atoms with Crippen LogP contribution in [0.5, 0.6) is 0 Å². The summed E-state index contributed by atoms with van der Waals surface area (Å²) in [4.78, 5) is 4.41. The minimum absolute atomic E-state index is 0.742. The van der Waals surface area contributed by atoms with Crippen LogP contribution >= 0.6 is 0 Å². The van der Waals surface area contributed by atoms with Crippen LogP contribution in [0.3, 0.4) is 0 Å². The summed E-state index contributed by atoms with van der Waals surface area (Å²) in [6.07, 6.45) is 5.70. The van der Waals surface area contributed by atoms with Crippen molar-refractivity contribution in [2.75, 3.05) is 0 Å². The van der Waals surface area contributed by atoms with Crippen LogP contribution in [0.15, 0.2) is 18.3 Å². The molecule has 1 atom stereocenters. The second-order valence-corrected chi connectivity index (χ2v) is 3.19. The molecular weight excluding hydrogens is 134 g/mol. The molecule has 1 unspecified atom stereocenters. The van der Waals surface area contributed by atoms with Gasteiger partial charge in [0.05, 0.1) is 0 Å². The summed E-state index contributed by atoms with van der Waals surface area (Å²) in [5.41, 5.74) is 2.83. The lowest BCUT2D eigenvalue weighted by molar-refractivity contribution is 0.643. The molecule has 11 heavy (non-hydrogen) atoms. The second kappa shape index (κ2) is 2.65. The first-order valence-electron chi connectivity index (χ1n) is 4.35. The number of nitrogens with zero attached hydrogens (tertiary/aromatic N) is 1. The highest BCUT2D eigenvalue weighted by molar-refractivity contribution is 5.28. The Morgan fingerprint density at radius 2 is 2.55 bits per heavy atom. The van der Waals surface area contributed by atoms with Crippen LogP contribution in [-0.4, -0.2) is 4.98 Å². The predicted molar refractivity (Wildman–Crippen MR) is 45.6 cm³/mol. The van der Waals surface area contributed by atoms with E-state index in [-0.39, 0.29) is 0 Å². The lowest BCUT2D eigenvalue weighted by Gasteiger charge is -2.04. The summed E-state index contributed by atoms with van der Waals surface area (Å²) in [6, 6.07) is 4.24. The normalized spacial score (nSPS) is 21.7. The van der Waals surface area contributed by atoms with Gasteiger partial charge in [0.2, 0.25) is 0 Å². The maximum Gasteiger partial charge on any atom is 0.0466 e. The zero-order valence-electron chi connectivity index (χ0n) is 6.88. The molecule has 1 heterocycles. The molecule has 0 aliphatic heterocycles. The van der Waals surface area contributed by atoms with E-state index in [0.717, 1.165) is 5.92 Å². The van der Waals surface area contributed by atoms with Gasteiger partial charge in [0.25, 0.3) is 0 Å². The molecule has 0 amide bonds. The fraction of sp³-hybridized carbons (Fsp3) is 0.500. The van der Waals surface area contributed by atoms with Crippen molar-refractivity contribution in [1.82, 2.24) is 4.98 Å². The standard InChI is InChI=1S/C10H13N/c1-2-8-5-6-9-4-3-7-11-10(8)9/h3-4,7-8H,2,5-6H2,1H3. The molecule has 1 nitrogen and oxygen atoms in total. The van der Waals surface area contributed by atoms with Crippen LogP contribution in [-0.2, 0) is 6.42 Å². The van der Waals surface area contributed by atoms with Gasteiger partial charge in [-0.3, -0.25) is 4.98 Å². The zero-order chi connectivity index (χ0) is 7.68. The number of hydrogen-bond acceptors (Lipinski definition) is 1. The number of hydrogen-bond donors (Lipinski definition) is 0. The molecule has 2 rings (SSSR count). The molecule has 0 saturated heterocycles. The number of fused-ring (bicyclic) bond motifs is 1. The average molecular weight is 147 g/mol. The molecule has 0 spiro atoms. The van der Waals surface area contributed by atoms with Gasteiger partial charge in [-0.05, 0) is 30.9 Å². The molecule has 1 aliphatic carbocycles. The highest BCUT2D eigenvalue weighted by Crippen LogP contribution is 2.32. The molecule has 58 valence electrons. The largest absolute Gasteiger partial charge is 0.261 e. The van der Waals surface area contributed by atoms with E-state index in [1.165, 1.54) is 30.5 Å². The zero-order valence-corrected chi connectivity index (χ0v) is 6.88. The summed E-state index contributed by atoms with van der Waals surface area (Å²) in [5.74, 6) is 0.742. The van der Waals surface area contributed by atoms with Gasteiger partial charge >= 0.3 is 0 Å². The number of aryl methyl sites for hydroxylation is 1. The molecule has 1 aliphatic rings. The lowest BCUT2D eigenvalue weighted by Crippen LogP contribution is -1.93. The van der Waals surface area contributed by atoms with Crippen molar-refractivity contribution in [2.24, 2.45) is 0 Å². The van der Waals surface area contributed by atoms with Crippen molar-refractivity contribution in [3.05, 3.63) is 29.6 Å². The molecule has 0 saturated carbocycles. The Labute approximate surface area is 67.5 Å². The molecule has 0 aromatic carbocycles. The van der Waals surface area contributed by atoms with Crippen molar-refractivity contribution in [2.45, 2.75) is 32.1 Å². The second-order valence-electron chi connectivity index (χ2n) is 3.19. The number of pyridine rings is 1. The molecule has 1 heteroatoms. The molecule has 0 fully saturated rings. The summed E-state index contributed by atoms with van der Waals surface area (Å²) in [7, 11) is 0. The van der Waals surface area contributed by atoms with Crippen LogP contribution in [0.1, 0.15) is 36.9 Å². The third-order valence-electron chi connectivity index (χ3n) is 2.57. The maximum atomic E-state index is 4.41. The third kappa shape index (κ3) is 1.05. The Balaban J connectivity index is 2.39. The number of aromatic nitrogens is 1. The molecule has 0 bridgehead atoms. The molecular formula is C10H13N. The Bertz CT molecular complexity index is 255. The Morgan fingerprint density at radius 3 is 3.36 bits per heavy atom. The first kappa shape index (κ1) is 6.84. The molecule has 0 N–H and O–H groups in total. The lowest BCUT2D eigenvalue weighted by atomic mass is 10.0. The SMILES string of the molecule is CCC1CCc2cccnc21. The predicted octanol–water partition coefficient (Wildman–Crippen LogP) is 2.52. The third-order valence-corrected chi connectivity index (χ3v) is 2.57. The fourth-order valence-corrected chi connectivity index (χ4v) is 1.89. The first-order valence-corrected chi connectivity index (χ1v) is 4.35. The summed E-state index contributed by atoms with van der Waals surface area (Å²) < 4.78 is 0. The van der Waals surface area contributed by atoms with Gasteiger partial charge in [0.1, 0.15) is 0 Å². The van der Waals surface area contributed by atoms with Crippen LogP contribution in [0.2, 0.25) is 0 Å². The molecule has 1 aromatic rings. The summed E-state index contributed by atoms with van der Waals surface area (Å²) in [5, 5.41) is 0. The van der Waals surface area contributed by atoms with Gasteiger partial charge in [0, 0.05) is 17.8 Å². The highest BCUT2D eigenvalue weighted by Gasteiger charge is 2.20. The van der Waals surface area contributed by atoms with Crippen molar-refractivity contribution >= 4 is 0 Å².